The van der Waals surface area contributed by atoms with Gasteiger partial charge in [0.15, 0.2) is 0 Å². The molecule has 3 rings (SSSR count). The second-order valence-corrected chi connectivity index (χ2v) is 10.2. The third kappa shape index (κ3) is 7.76. The number of hydrogen-bond donors (Lipinski definition) is 4. The Bertz CT molecular complexity index is 1000. The Kier molecular flexibility index (Phi) is 9.27. The first-order valence-corrected chi connectivity index (χ1v) is 12.4. The molecule has 2 fully saturated rings. The van der Waals surface area contributed by atoms with Crippen LogP contribution < -0.4 is 16.6 Å². The molecule has 1 amide bonds. The summed E-state index contributed by atoms with van der Waals surface area (Å²) in [6.45, 7) is 5.60. The molecule has 1 aromatic rings. The minimum Gasteiger partial charge on any atom is -0.478 e. The van der Waals surface area contributed by atoms with Crippen molar-refractivity contribution in [3.63, 3.8) is 0 Å². The summed E-state index contributed by atoms with van der Waals surface area (Å²) in [5.74, 6) is -2.73. The molecular weight excluding hydrogens is 484 g/mol. The minimum atomic E-state index is -1.26. The van der Waals surface area contributed by atoms with Crippen molar-refractivity contribution in [2.24, 2.45) is 5.92 Å². The van der Waals surface area contributed by atoms with Crippen LogP contribution in [0.4, 0.5) is 11.4 Å². The van der Waals surface area contributed by atoms with E-state index in [1.54, 1.807) is 5.01 Å². The molecule has 37 heavy (non-hydrogen) atoms. The number of hydroxylamine groups is 1. The van der Waals surface area contributed by atoms with E-state index in [-0.39, 0.29) is 53.7 Å². The van der Waals surface area contributed by atoms with Crippen LogP contribution in [0.1, 0.15) is 76.1 Å². The zero-order chi connectivity index (χ0) is 27.2. The normalized spacial score (nSPS) is 22.5. The highest BCUT2D eigenvalue weighted by atomic mass is 16.7. The average molecular weight is 521 g/mol. The van der Waals surface area contributed by atoms with Gasteiger partial charge in [0, 0.05) is 25.2 Å². The van der Waals surface area contributed by atoms with Crippen LogP contribution in [-0.2, 0) is 24.0 Å². The van der Waals surface area contributed by atoms with Crippen LogP contribution in [0.5, 0.6) is 0 Å². The highest BCUT2D eigenvalue weighted by molar-refractivity contribution is 5.96. The maximum absolute atomic E-state index is 13.4. The van der Waals surface area contributed by atoms with E-state index in [9.17, 15) is 24.3 Å². The first-order valence-electron chi connectivity index (χ1n) is 12.4. The third-order valence-corrected chi connectivity index (χ3v) is 6.19. The lowest BCUT2D eigenvalue weighted by Crippen LogP contribution is -2.57. The number of aromatic carboxylic acids is 1. The molecule has 204 valence electrons. The predicted molar refractivity (Wildman–Crippen MR) is 132 cm³/mol. The Morgan fingerprint density at radius 1 is 1.19 bits per heavy atom. The van der Waals surface area contributed by atoms with Gasteiger partial charge in [0.05, 0.1) is 23.5 Å². The number of anilines is 2. The molecule has 0 atom stereocenters. The van der Waals surface area contributed by atoms with Crippen LogP contribution >= 0.6 is 0 Å². The molecule has 0 spiro atoms. The van der Waals surface area contributed by atoms with E-state index in [0.717, 1.165) is 6.20 Å². The number of nitrogens with zero attached hydrogens (tertiary/aromatic N) is 3. The number of carboxylic acid groups (broad SMARTS) is 1. The second-order valence-electron chi connectivity index (χ2n) is 10.2. The fourth-order valence-corrected chi connectivity index (χ4v) is 4.35. The maximum Gasteiger partial charge on any atom is 0.340 e. The first kappa shape index (κ1) is 28.1. The Hall–Kier alpha value is -3.45. The van der Waals surface area contributed by atoms with E-state index in [1.165, 1.54) is 11.3 Å². The van der Waals surface area contributed by atoms with Crippen molar-refractivity contribution in [2.45, 2.75) is 77.4 Å². The Balaban J connectivity index is 1.87. The number of ether oxygens (including phenoxy) is 1. The van der Waals surface area contributed by atoms with Crippen LogP contribution in [-0.4, -0.2) is 68.8 Å². The predicted octanol–water partition coefficient (Wildman–Crippen LogP) is 1.87. The minimum absolute atomic E-state index is 0.0950. The number of nitrogen functional groups attached to an aromatic ring is 1. The average Bonchev–Trinajstić information content (AvgIpc) is 2.85. The van der Waals surface area contributed by atoms with Crippen molar-refractivity contribution in [3.8, 4) is 0 Å². The number of carboxylic acids is 1. The number of hydrogen-bond acceptors (Lipinski definition) is 11. The van der Waals surface area contributed by atoms with E-state index in [1.807, 2.05) is 20.8 Å². The van der Waals surface area contributed by atoms with E-state index in [2.05, 4.69) is 15.9 Å². The zero-order valence-electron chi connectivity index (χ0n) is 21.5. The Morgan fingerprint density at radius 3 is 2.54 bits per heavy atom. The molecule has 0 bridgehead atoms. The molecule has 5 N–H and O–H groups in total. The molecule has 13 heteroatoms. The van der Waals surface area contributed by atoms with E-state index in [0.29, 0.717) is 45.1 Å². The monoisotopic (exact) mass is 520 g/mol. The molecule has 0 aromatic carbocycles. The van der Waals surface area contributed by atoms with Crippen molar-refractivity contribution in [3.05, 3.63) is 18.0 Å². The van der Waals surface area contributed by atoms with Crippen molar-refractivity contribution in [1.82, 2.24) is 20.6 Å². The summed E-state index contributed by atoms with van der Waals surface area (Å²) >= 11 is 0. The van der Waals surface area contributed by atoms with Crippen LogP contribution in [0, 0.1) is 5.92 Å². The van der Waals surface area contributed by atoms with Gasteiger partial charge in [0.2, 0.25) is 0 Å². The molecule has 2 aliphatic rings. The van der Waals surface area contributed by atoms with Gasteiger partial charge >= 0.3 is 17.9 Å². The second kappa shape index (κ2) is 12.2. The number of hydrazine groups is 2. The molecule has 1 saturated carbocycles. The topological polar surface area (TPSA) is 176 Å². The van der Waals surface area contributed by atoms with Gasteiger partial charge in [-0.3, -0.25) is 20.0 Å². The van der Waals surface area contributed by atoms with Crippen molar-refractivity contribution in [1.29, 1.82) is 0 Å². The van der Waals surface area contributed by atoms with Crippen LogP contribution in [0.2, 0.25) is 0 Å². The fraction of sp³-hybridized carbons (Fsp3) is 0.625. The van der Waals surface area contributed by atoms with Gasteiger partial charge in [-0.2, -0.15) is 15.6 Å². The van der Waals surface area contributed by atoms with Crippen LogP contribution in [0.25, 0.3) is 0 Å². The molecule has 0 radical (unpaired) electrons. The lowest BCUT2D eigenvalue weighted by Gasteiger charge is -2.42. The van der Waals surface area contributed by atoms with Gasteiger partial charge in [0.1, 0.15) is 17.7 Å². The maximum atomic E-state index is 13.4. The van der Waals surface area contributed by atoms with Gasteiger partial charge in [-0.1, -0.05) is 0 Å². The summed E-state index contributed by atoms with van der Waals surface area (Å²) in [4.78, 5) is 59.2. The zero-order valence-corrected chi connectivity index (χ0v) is 21.5. The summed E-state index contributed by atoms with van der Waals surface area (Å²) in [6.07, 6.45) is 5.80. The summed E-state index contributed by atoms with van der Waals surface area (Å²) in [5.41, 5.74) is 10.8. The smallest absolute Gasteiger partial charge is 0.340 e. The number of esters is 1. The number of nitrogens with one attached hydrogen (secondary N) is 2. The van der Waals surface area contributed by atoms with Crippen molar-refractivity contribution in [2.75, 3.05) is 24.2 Å². The van der Waals surface area contributed by atoms with Gasteiger partial charge in [-0.05, 0) is 59.3 Å². The number of rotatable bonds is 5. The first-order chi connectivity index (χ1) is 17.5. The number of nitrogens with two attached hydrogens (primary N) is 1. The van der Waals surface area contributed by atoms with Gasteiger partial charge < -0.3 is 20.4 Å². The standard InChI is InChI=1S/C24H36N6O7/c1-24(2,3)36-23(35)15-7-9-16(10-8-15)29-14-20(32)37-27-11-5-4-6-19(31)30(29)28-18-13-26-12-17(21(18)25)22(33)34/h12-13,15-16,27-28H,4-11,14H2,1-3H3,(H2,25,26)(H,33,34). The number of carbonyl (C=O) groups excluding carboxylic acids is 3. The summed E-state index contributed by atoms with van der Waals surface area (Å²) in [6, 6.07) is -0.291. The van der Waals surface area contributed by atoms with E-state index in [4.69, 9.17) is 15.3 Å². The molecular formula is C24H36N6O7. The Labute approximate surface area is 215 Å². The summed E-state index contributed by atoms with van der Waals surface area (Å²) in [7, 11) is 0. The van der Waals surface area contributed by atoms with Crippen LogP contribution in [0.3, 0.4) is 0 Å². The number of amides is 1. The summed E-state index contributed by atoms with van der Waals surface area (Å²) in [5, 5.41) is 12.2. The lowest BCUT2D eigenvalue weighted by molar-refractivity contribution is -0.170. The molecule has 1 aliphatic carbocycles. The fourth-order valence-electron chi connectivity index (χ4n) is 4.35. The highest BCUT2D eigenvalue weighted by Crippen LogP contribution is 2.32. The van der Waals surface area contributed by atoms with Crippen LogP contribution in [0.15, 0.2) is 12.4 Å². The molecule has 2 heterocycles. The Morgan fingerprint density at radius 2 is 1.89 bits per heavy atom. The molecule has 0 unspecified atom stereocenters. The number of carbonyl (C=O) groups is 4. The van der Waals surface area contributed by atoms with Gasteiger partial charge in [-0.25, -0.2) is 9.59 Å². The highest BCUT2D eigenvalue weighted by Gasteiger charge is 2.37. The van der Waals surface area contributed by atoms with Gasteiger partial charge in [-0.15, -0.1) is 0 Å². The van der Waals surface area contributed by atoms with E-state index >= 15 is 0 Å². The molecule has 1 saturated heterocycles. The van der Waals surface area contributed by atoms with Crippen molar-refractivity contribution >= 4 is 35.2 Å². The van der Waals surface area contributed by atoms with Gasteiger partial charge in [0.25, 0.3) is 5.91 Å². The van der Waals surface area contributed by atoms with E-state index < -0.39 is 17.5 Å². The molecule has 13 nitrogen and oxygen atoms in total. The third-order valence-electron chi connectivity index (χ3n) is 6.19. The quantitative estimate of drug-likeness (QED) is 0.415. The largest absolute Gasteiger partial charge is 0.478 e. The number of aromatic nitrogens is 1. The SMILES string of the molecule is CC(C)(C)OC(=O)C1CCC(N2CC(=O)ONCCCCC(=O)N2Nc2cncc(C(=O)O)c2N)CC1. The number of pyridine rings is 1. The molecule has 1 aromatic heterocycles. The molecule has 1 aliphatic heterocycles. The van der Waals surface area contributed by atoms with Crippen molar-refractivity contribution < 1.29 is 33.9 Å². The lowest BCUT2D eigenvalue weighted by atomic mass is 9.85. The summed E-state index contributed by atoms with van der Waals surface area (Å²) < 4.78 is 5.54.